The zero-order valence-electron chi connectivity index (χ0n) is 14.1. The quantitative estimate of drug-likeness (QED) is 0.552. The Balaban J connectivity index is 1.65. The Morgan fingerprint density at radius 2 is 1.59 bits per heavy atom. The molecule has 3 rings (SSSR count). The number of nitrogens with zero attached hydrogens (tertiary/aromatic N) is 4. The first kappa shape index (κ1) is 18.6. The molecule has 9 nitrogen and oxygen atoms in total. The number of anilines is 3. The minimum Gasteiger partial charge on any atom is -0.332 e. The SMILES string of the molecule is Cc1ccnc(NC(=S)Nc2ccc(S(=O)(=O)Nc3ncccn3)cc2)n1. The van der Waals surface area contributed by atoms with Gasteiger partial charge in [-0.3, -0.25) is 0 Å². The summed E-state index contributed by atoms with van der Waals surface area (Å²) in [5.74, 6) is 0.377. The minimum atomic E-state index is -3.78. The molecular formula is C16H15N7O2S2. The molecule has 11 heteroatoms. The molecule has 0 radical (unpaired) electrons. The second kappa shape index (κ2) is 8.01. The number of benzene rings is 1. The molecule has 0 amide bonds. The van der Waals surface area contributed by atoms with Crippen LogP contribution in [0.3, 0.4) is 0 Å². The van der Waals surface area contributed by atoms with E-state index in [1.54, 1.807) is 30.5 Å². The molecule has 2 aromatic heterocycles. The molecule has 0 aliphatic rings. The number of sulfonamides is 1. The molecule has 0 saturated heterocycles. The summed E-state index contributed by atoms with van der Waals surface area (Å²) in [4.78, 5) is 16.0. The van der Waals surface area contributed by atoms with Crippen LogP contribution in [-0.4, -0.2) is 33.5 Å². The number of nitrogens with one attached hydrogen (secondary N) is 3. The molecule has 27 heavy (non-hydrogen) atoms. The lowest BCUT2D eigenvalue weighted by molar-refractivity contribution is 0.601. The van der Waals surface area contributed by atoms with Crippen LogP contribution >= 0.6 is 12.2 Å². The van der Waals surface area contributed by atoms with E-state index in [1.165, 1.54) is 24.5 Å². The summed E-state index contributed by atoms with van der Waals surface area (Å²) in [6.45, 7) is 1.84. The van der Waals surface area contributed by atoms with Crippen molar-refractivity contribution in [2.75, 3.05) is 15.4 Å². The van der Waals surface area contributed by atoms with Gasteiger partial charge in [0.15, 0.2) is 5.11 Å². The summed E-state index contributed by atoms with van der Waals surface area (Å²) in [5, 5.41) is 6.08. The van der Waals surface area contributed by atoms with Gasteiger partial charge in [0.05, 0.1) is 4.90 Å². The molecule has 3 N–H and O–H groups in total. The normalized spacial score (nSPS) is 10.9. The van der Waals surface area contributed by atoms with Gasteiger partial charge in [-0.1, -0.05) is 0 Å². The number of aromatic nitrogens is 4. The molecule has 0 spiro atoms. The van der Waals surface area contributed by atoms with Crippen molar-refractivity contribution < 1.29 is 8.42 Å². The number of thiocarbonyl (C=S) groups is 1. The second-order valence-electron chi connectivity index (χ2n) is 5.30. The van der Waals surface area contributed by atoms with Crippen molar-refractivity contribution in [1.82, 2.24) is 19.9 Å². The average Bonchev–Trinajstić information content (AvgIpc) is 2.62. The van der Waals surface area contributed by atoms with Gasteiger partial charge in [-0.2, -0.15) is 0 Å². The highest BCUT2D eigenvalue weighted by molar-refractivity contribution is 7.92. The van der Waals surface area contributed by atoms with E-state index >= 15 is 0 Å². The summed E-state index contributed by atoms with van der Waals surface area (Å²) >= 11 is 5.20. The van der Waals surface area contributed by atoms with Crippen LogP contribution in [0.4, 0.5) is 17.6 Å². The van der Waals surface area contributed by atoms with Crippen LogP contribution in [0.5, 0.6) is 0 Å². The molecule has 0 bridgehead atoms. The highest BCUT2D eigenvalue weighted by Crippen LogP contribution is 2.16. The standard InChI is InChI=1S/C16H15N7O2S2/c1-11-7-10-19-15(20-11)22-16(26)21-12-3-5-13(6-4-12)27(24,25)23-14-17-8-2-9-18-14/h2-10H,1H3,(H,17,18,23)(H2,19,20,21,22,26). The topological polar surface area (TPSA) is 122 Å². The predicted molar refractivity (Wildman–Crippen MR) is 106 cm³/mol. The van der Waals surface area contributed by atoms with Crippen LogP contribution < -0.4 is 15.4 Å². The molecule has 3 aromatic rings. The lowest BCUT2D eigenvalue weighted by Crippen LogP contribution is -2.20. The Morgan fingerprint density at radius 1 is 0.926 bits per heavy atom. The summed E-state index contributed by atoms with van der Waals surface area (Å²) < 4.78 is 27.0. The summed E-state index contributed by atoms with van der Waals surface area (Å²) in [6, 6.07) is 9.43. The van der Waals surface area contributed by atoms with Gasteiger partial charge in [-0.05, 0) is 55.5 Å². The lowest BCUT2D eigenvalue weighted by atomic mass is 10.3. The lowest BCUT2D eigenvalue weighted by Gasteiger charge is -2.10. The van der Waals surface area contributed by atoms with Crippen molar-refractivity contribution in [2.24, 2.45) is 0 Å². The van der Waals surface area contributed by atoms with E-state index in [2.05, 4.69) is 35.3 Å². The monoisotopic (exact) mass is 401 g/mol. The number of hydrogen-bond donors (Lipinski definition) is 3. The molecule has 0 unspecified atom stereocenters. The van der Waals surface area contributed by atoms with Gasteiger partial charge in [0.2, 0.25) is 11.9 Å². The van der Waals surface area contributed by atoms with E-state index in [9.17, 15) is 8.42 Å². The van der Waals surface area contributed by atoms with Gasteiger partial charge in [0.25, 0.3) is 10.0 Å². The van der Waals surface area contributed by atoms with Crippen LogP contribution in [0, 0.1) is 6.92 Å². The van der Waals surface area contributed by atoms with Crippen molar-refractivity contribution in [3.8, 4) is 0 Å². The largest absolute Gasteiger partial charge is 0.332 e. The van der Waals surface area contributed by atoms with Crippen molar-refractivity contribution in [1.29, 1.82) is 0 Å². The Bertz CT molecular complexity index is 1040. The van der Waals surface area contributed by atoms with Gasteiger partial charge in [-0.15, -0.1) is 0 Å². The number of rotatable bonds is 5. The van der Waals surface area contributed by atoms with Gasteiger partial charge in [0, 0.05) is 30.0 Å². The van der Waals surface area contributed by atoms with Crippen molar-refractivity contribution in [2.45, 2.75) is 11.8 Å². The third kappa shape index (κ3) is 5.15. The van der Waals surface area contributed by atoms with Crippen LogP contribution in [0.2, 0.25) is 0 Å². The second-order valence-corrected chi connectivity index (χ2v) is 7.39. The Kier molecular flexibility index (Phi) is 5.52. The van der Waals surface area contributed by atoms with Crippen LogP contribution in [0.25, 0.3) is 0 Å². The molecule has 0 aliphatic heterocycles. The highest BCUT2D eigenvalue weighted by atomic mass is 32.2. The molecule has 0 atom stereocenters. The molecule has 138 valence electrons. The third-order valence-corrected chi connectivity index (χ3v) is 4.78. The molecule has 1 aromatic carbocycles. The van der Waals surface area contributed by atoms with Crippen molar-refractivity contribution >= 4 is 44.9 Å². The van der Waals surface area contributed by atoms with E-state index in [0.29, 0.717) is 11.6 Å². The number of hydrogen-bond acceptors (Lipinski definition) is 7. The van der Waals surface area contributed by atoms with Gasteiger partial charge >= 0.3 is 0 Å². The minimum absolute atomic E-state index is 0.00299. The maximum Gasteiger partial charge on any atom is 0.264 e. The fraction of sp³-hybridized carbons (Fsp3) is 0.0625. The van der Waals surface area contributed by atoms with E-state index in [0.717, 1.165) is 5.69 Å². The predicted octanol–water partition coefficient (Wildman–Crippen LogP) is 2.18. The first-order valence-corrected chi connectivity index (χ1v) is 9.59. The first-order chi connectivity index (χ1) is 12.9. The maximum atomic E-state index is 12.3. The van der Waals surface area contributed by atoms with Gasteiger partial charge in [-0.25, -0.2) is 33.1 Å². The zero-order chi connectivity index (χ0) is 19.3. The van der Waals surface area contributed by atoms with E-state index < -0.39 is 10.0 Å². The maximum absolute atomic E-state index is 12.3. The van der Waals surface area contributed by atoms with Crippen molar-refractivity contribution in [3.63, 3.8) is 0 Å². The fourth-order valence-corrected chi connectivity index (χ4v) is 3.19. The molecule has 0 saturated carbocycles. The molecule has 0 fully saturated rings. The first-order valence-electron chi connectivity index (χ1n) is 7.70. The van der Waals surface area contributed by atoms with E-state index in [-0.39, 0.29) is 16.0 Å². The van der Waals surface area contributed by atoms with Crippen molar-refractivity contribution in [3.05, 3.63) is 60.7 Å². The third-order valence-electron chi connectivity index (χ3n) is 3.23. The van der Waals surface area contributed by atoms with Gasteiger partial charge in [0.1, 0.15) is 0 Å². The molecule has 2 heterocycles. The highest BCUT2D eigenvalue weighted by Gasteiger charge is 2.15. The molecular weight excluding hydrogens is 386 g/mol. The Morgan fingerprint density at radius 3 is 2.26 bits per heavy atom. The van der Waals surface area contributed by atoms with Crippen LogP contribution in [-0.2, 0) is 10.0 Å². The average molecular weight is 401 g/mol. The summed E-state index contributed by atoms with van der Waals surface area (Å²) in [7, 11) is -3.78. The Labute approximate surface area is 161 Å². The Hall–Kier alpha value is -3.18. The number of aryl methyl sites for hydroxylation is 1. The smallest absolute Gasteiger partial charge is 0.264 e. The summed E-state index contributed by atoms with van der Waals surface area (Å²) in [5.41, 5.74) is 1.41. The van der Waals surface area contributed by atoms with E-state index in [1.807, 2.05) is 6.92 Å². The van der Waals surface area contributed by atoms with Crippen LogP contribution in [0.1, 0.15) is 5.69 Å². The van der Waals surface area contributed by atoms with E-state index in [4.69, 9.17) is 12.2 Å². The molecule has 0 aliphatic carbocycles. The van der Waals surface area contributed by atoms with Crippen LogP contribution in [0.15, 0.2) is 59.9 Å². The van der Waals surface area contributed by atoms with Gasteiger partial charge < -0.3 is 10.6 Å². The zero-order valence-corrected chi connectivity index (χ0v) is 15.8. The fourth-order valence-electron chi connectivity index (χ4n) is 2.02. The summed E-state index contributed by atoms with van der Waals surface area (Å²) in [6.07, 6.45) is 4.52.